The summed E-state index contributed by atoms with van der Waals surface area (Å²) in [7, 11) is 2.92. The number of hydrogen-bond donors (Lipinski definition) is 2. The van der Waals surface area contributed by atoms with Gasteiger partial charge in [0.05, 0.1) is 36.4 Å². The summed E-state index contributed by atoms with van der Waals surface area (Å²) >= 11 is 2.79. The second-order valence-corrected chi connectivity index (χ2v) is 8.45. The summed E-state index contributed by atoms with van der Waals surface area (Å²) in [6.07, 6.45) is 0. The standard InChI is InChI=1S/C20H17N5O4S2/c1-28-13-5-3-4-12(9-13)21-19-24-25-20(31-19)30-10-16-22-15-8-11(18(27)29-2)6-7-14(15)17(26)23-16/h3-9H,10H2,1-2H3,(H,21,24)(H,22,23,26). The molecule has 2 heterocycles. The minimum Gasteiger partial charge on any atom is -0.497 e. The van der Waals surface area contributed by atoms with E-state index in [-0.39, 0.29) is 5.56 Å². The molecule has 0 aliphatic carbocycles. The van der Waals surface area contributed by atoms with E-state index >= 15 is 0 Å². The van der Waals surface area contributed by atoms with Crippen LogP contribution in [-0.2, 0) is 10.5 Å². The normalized spacial score (nSPS) is 10.8. The predicted octanol–water partition coefficient (Wildman–Crippen LogP) is 3.61. The number of methoxy groups -OCH3 is 2. The number of aromatic nitrogens is 4. The average molecular weight is 456 g/mol. The second kappa shape index (κ2) is 9.14. The molecule has 2 aromatic heterocycles. The molecule has 0 amide bonds. The third kappa shape index (κ3) is 4.84. The minimum atomic E-state index is -0.482. The van der Waals surface area contributed by atoms with Crippen molar-refractivity contribution >= 4 is 50.8 Å². The van der Waals surface area contributed by atoms with Crippen molar-refractivity contribution in [3.8, 4) is 5.75 Å². The molecule has 0 radical (unpaired) electrons. The molecule has 4 aromatic rings. The van der Waals surface area contributed by atoms with E-state index < -0.39 is 5.97 Å². The molecule has 0 unspecified atom stereocenters. The number of esters is 1. The van der Waals surface area contributed by atoms with Crippen molar-refractivity contribution in [2.75, 3.05) is 19.5 Å². The van der Waals surface area contributed by atoms with Crippen LogP contribution in [0.15, 0.2) is 51.6 Å². The zero-order chi connectivity index (χ0) is 21.8. The van der Waals surface area contributed by atoms with E-state index in [0.717, 1.165) is 15.8 Å². The third-order valence-corrected chi connectivity index (χ3v) is 6.22. The van der Waals surface area contributed by atoms with Crippen LogP contribution < -0.4 is 15.6 Å². The maximum absolute atomic E-state index is 12.4. The molecule has 0 atom stereocenters. The molecule has 31 heavy (non-hydrogen) atoms. The number of carbonyl (C=O) groups is 1. The van der Waals surface area contributed by atoms with Crippen LogP contribution >= 0.6 is 23.1 Å². The monoisotopic (exact) mass is 455 g/mol. The SMILES string of the molecule is COC(=O)c1ccc2c(=O)[nH]c(CSc3nnc(Nc4cccc(OC)c4)s3)nc2c1. The van der Waals surface area contributed by atoms with E-state index in [4.69, 9.17) is 9.47 Å². The molecule has 0 aliphatic rings. The van der Waals surface area contributed by atoms with Gasteiger partial charge < -0.3 is 19.8 Å². The summed E-state index contributed by atoms with van der Waals surface area (Å²) in [6, 6.07) is 12.2. The van der Waals surface area contributed by atoms with Gasteiger partial charge in [-0.15, -0.1) is 10.2 Å². The van der Waals surface area contributed by atoms with Gasteiger partial charge >= 0.3 is 5.97 Å². The van der Waals surface area contributed by atoms with Crippen molar-refractivity contribution in [1.29, 1.82) is 0 Å². The molecule has 0 saturated carbocycles. The van der Waals surface area contributed by atoms with Crippen LogP contribution in [0.4, 0.5) is 10.8 Å². The lowest BCUT2D eigenvalue weighted by molar-refractivity contribution is 0.0601. The zero-order valence-corrected chi connectivity index (χ0v) is 18.2. The highest BCUT2D eigenvalue weighted by atomic mass is 32.2. The van der Waals surface area contributed by atoms with E-state index in [0.29, 0.717) is 33.2 Å². The molecule has 9 nitrogen and oxygen atoms in total. The average Bonchev–Trinajstić information content (AvgIpc) is 3.24. The van der Waals surface area contributed by atoms with E-state index in [1.807, 2.05) is 24.3 Å². The first-order chi connectivity index (χ1) is 15.1. The summed E-state index contributed by atoms with van der Waals surface area (Å²) in [5.74, 6) is 1.12. The number of carbonyl (C=O) groups excluding carboxylic acids is 1. The number of benzene rings is 2. The first-order valence-corrected chi connectivity index (χ1v) is 10.8. The Morgan fingerprint density at radius 2 is 2.06 bits per heavy atom. The summed E-state index contributed by atoms with van der Waals surface area (Å²) in [6.45, 7) is 0. The molecule has 4 rings (SSSR count). The van der Waals surface area contributed by atoms with Gasteiger partial charge in [-0.3, -0.25) is 4.79 Å². The molecule has 158 valence electrons. The van der Waals surface area contributed by atoms with Crippen LogP contribution in [0.1, 0.15) is 16.2 Å². The van der Waals surface area contributed by atoms with Gasteiger partial charge in [0.2, 0.25) is 5.13 Å². The zero-order valence-electron chi connectivity index (χ0n) is 16.5. The van der Waals surface area contributed by atoms with E-state index in [1.54, 1.807) is 19.2 Å². The first-order valence-electron chi connectivity index (χ1n) is 9.04. The van der Waals surface area contributed by atoms with Gasteiger partial charge in [-0.05, 0) is 30.3 Å². The van der Waals surface area contributed by atoms with Crippen molar-refractivity contribution in [1.82, 2.24) is 20.2 Å². The van der Waals surface area contributed by atoms with Gasteiger partial charge in [0.15, 0.2) is 4.34 Å². The van der Waals surface area contributed by atoms with Crippen molar-refractivity contribution in [3.05, 3.63) is 64.2 Å². The Morgan fingerprint density at radius 1 is 1.19 bits per heavy atom. The molecule has 2 aromatic carbocycles. The minimum absolute atomic E-state index is 0.269. The number of fused-ring (bicyclic) bond motifs is 1. The number of aromatic amines is 1. The summed E-state index contributed by atoms with van der Waals surface area (Å²) in [5, 5.41) is 12.5. The Kier molecular flexibility index (Phi) is 6.14. The van der Waals surface area contributed by atoms with Gasteiger partial charge in [-0.25, -0.2) is 9.78 Å². The van der Waals surface area contributed by atoms with Gasteiger partial charge in [0, 0.05) is 11.8 Å². The molecule has 0 saturated heterocycles. The van der Waals surface area contributed by atoms with Crippen LogP contribution in [0.3, 0.4) is 0 Å². The van der Waals surface area contributed by atoms with Crippen molar-refractivity contribution in [3.63, 3.8) is 0 Å². The van der Waals surface area contributed by atoms with Crippen molar-refractivity contribution in [2.24, 2.45) is 0 Å². The van der Waals surface area contributed by atoms with Crippen molar-refractivity contribution in [2.45, 2.75) is 10.1 Å². The van der Waals surface area contributed by atoms with Crippen LogP contribution in [-0.4, -0.2) is 40.4 Å². The topological polar surface area (TPSA) is 119 Å². The lowest BCUT2D eigenvalue weighted by Crippen LogP contribution is -2.12. The number of H-pyrrole nitrogens is 1. The fraction of sp³-hybridized carbons (Fsp3) is 0.150. The van der Waals surface area contributed by atoms with Gasteiger partial charge in [0.25, 0.3) is 5.56 Å². The van der Waals surface area contributed by atoms with Gasteiger partial charge in [-0.2, -0.15) is 0 Å². The van der Waals surface area contributed by atoms with E-state index in [2.05, 4.69) is 25.5 Å². The smallest absolute Gasteiger partial charge is 0.337 e. The molecular formula is C20H17N5O4S2. The molecule has 0 spiro atoms. The predicted molar refractivity (Wildman–Crippen MR) is 119 cm³/mol. The Bertz CT molecular complexity index is 1300. The molecular weight excluding hydrogens is 438 g/mol. The molecule has 0 bridgehead atoms. The molecule has 11 heteroatoms. The third-order valence-electron chi connectivity index (χ3n) is 4.24. The van der Waals surface area contributed by atoms with Crippen LogP contribution in [0.2, 0.25) is 0 Å². The number of ether oxygens (including phenoxy) is 2. The van der Waals surface area contributed by atoms with Crippen LogP contribution in [0.25, 0.3) is 10.9 Å². The maximum atomic E-state index is 12.4. The lowest BCUT2D eigenvalue weighted by Gasteiger charge is -2.04. The molecule has 0 aliphatic heterocycles. The van der Waals surface area contributed by atoms with E-state index in [9.17, 15) is 9.59 Å². The lowest BCUT2D eigenvalue weighted by atomic mass is 10.1. The summed E-state index contributed by atoms with van der Waals surface area (Å²) < 4.78 is 10.7. The number of hydrogen-bond acceptors (Lipinski definition) is 10. The van der Waals surface area contributed by atoms with Crippen molar-refractivity contribution < 1.29 is 14.3 Å². The van der Waals surface area contributed by atoms with Gasteiger partial charge in [-0.1, -0.05) is 29.2 Å². The highest BCUT2D eigenvalue weighted by molar-refractivity contribution is 8.00. The van der Waals surface area contributed by atoms with E-state index in [1.165, 1.54) is 36.3 Å². The molecule has 2 N–H and O–H groups in total. The number of anilines is 2. The quantitative estimate of drug-likeness (QED) is 0.318. The number of thioether (sulfide) groups is 1. The number of nitrogens with zero attached hydrogens (tertiary/aromatic N) is 3. The van der Waals surface area contributed by atoms with Crippen LogP contribution in [0, 0.1) is 0 Å². The Labute approximate surface area is 184 Å². The number of nitrogens with one attached hydrogen (secondary N) is 2. The summed E-state index contributed by atoms with van der Waals surface area (Å²) in [5.41, 5.74) is 1.34. The Morgan fingerprint density at radius 3 is 2.87 bits per heavy atom. The Balaban J connectivity index is 1.47. The Hall–Kier alpha value is -3.44. The first kappa shape index (κ1) is 20.8. The highest BCUT2D eigenvalue weighted by Gasteiger charge is 2.11. The highest BCUT2D eigenvalue weighted by Crippen LogP contribution is 2.30. The maximum Gasteiger partial charge on any atom is 0.337 e. The fourth-order valence-corrected chi connectivity index (χ4v) is 4.42. The summed E-state index contributed by atoms with van der Waals surface area (Å²) in [4.78, 5) is 31.3. The number of rotatable bonds is 7. The fourth-order valence-electron chi connectivity index (χ4n) is 2.77. The second-order valence-electron chi connectivity index (χ2n) is 6.25. The largest absolute Gasteiger partial charge is 0.497 e. The molecule has 0 fully saturated rings. The van der Waals surface area contributed by atoms with Crippen LogP contribution in [0.5, 0.6) is 5.75 Å². The van der Waals surface area contributed by atoms with Gasteiger partial charge in [0.1, 0.15) is 11.6 Å².